The molecule has 1 aliphatic heterocycles. The second-order valence-electron chi connectivity index (χ2n) is 6.48. The number of amides is 1. The summed E-state index contributed by atoms with van der Waals surface area (Å²) in [6, 6.07) is 20.3. The fourth-order valence-electron chi connectivity index (χ4n) is 3.69. The van der Waals surface area contributed by atoms with Crippen molar-refractivity contribution in [2.75, 3.05) is 13.1 Å². The Morgan fingerprint density at radius 2 is 1.42 bits per heavy atom. The molecule has 0 aromatic heterocycles. The van der Waals surface area contributed by atoms with E-state index in [2.05, 4.69) is 41.6 Å². The Kier molecular flexibility index (Phi) is 5.31. The average Bonchev–Trinajstić information content (AvgIpc) is 2.65. The molecule has 1 saturated heterocycles. The van der Waals surface area contributed by atoms with Crippen LogP contribution in [0.5, 0.6) is 0 Å². The van der Waals surface area contributed by atoms with Crippen LogP contribution in [0.1, 0.15) is 43.7 Å². The summed E-state index contributed by atoms with van der Waals surface area (Å²) in [7, 11) is 0. The van der Waals surface area contributed by atoms with E-state index in [1.807, 2.05) is 36.4 Å². The van der Waals surface area contributed by atoms with Gasteiger partial charge in [-0.2, -0.15) is 0 Å². The van der Waals surface area contributed by atoms with E-state index in [0.29, 0.717) is 0 Å². The minimum atomic E-state index is -0.653. The SMILES string of the molecule is CCC(C(=O)NN1CCCCC1)(c1ccccc1)c1ccccc1. The van der Waals surface area contributed by atoms with Crippen molar-refractivity contribution in [2.45, 2.75) is 38.0 Å². The van der Waals surface area contributed by atoms with Crippen LogP contribution in [0.2, 0.25) is 0 Å². The molecule has 1 amide bonds. The smallest absolute Gasteiger partial charge is 0.249 e. The van der Waals surface area contributed by atoms with Gasteiger partial charge in [0, 0.05) is 13.1 Å². The molecule has 0 saturated carbocycles. The quantitative estimate of drug-likeness (QED) is 0.905. The first-order chi connectivity index (χ1) is 11.8. The van der Waals surface area contributed by atoms with Crippen LogP contribution in [0, 0.1) is 0 Å². The highest BCUT2D eigenvalue weighted by Gasteiger charge is 2.41. The Morgan fingerprint density at radius 3 is 1.88 bits per heavy atom. The predicted molar refractivity (Wildman–Crippen MR) is 97.5 cm³/mol. The summed E-state index contributed by atoms with van der Waals surface area (Å²) in [5.74, 6) is 0.0734. The number of hydrazine groups is 1. The van der Waals surface area contributed by atoms with E-state index in [-0.39, 0.29) is 5.91 Å². The molecule has 0 bridgehead atoms. The maximum atomic E-state index is 13.4. The first-order valence-corrected chi connectivity index (χ1v) is 8.94. The van der Waals surface area contributed by atoms with Gasteiger partial charge in [0.2, 0.25) is 5.91 Å². The Morgan fingerprint density at radius 1 is 0.917 bits per heavy atom. The molecule has 126 valence electrons. The fraction of sp³-hybridized carbons (Fsp3) is 0.381. The molecule has 2 aromatic rings. The van der Waals surface area contributed by atoms with E-state index >= 15 is 0 Å². The van der Waals surface area contributed by atoms with Gasteiger partial charge in [-0.25, -0.2) is 5.01 Å². The molecule has 1 aliphatic rings. The van der Waals surface area contributed by atoms with Crippen molar-refractivity contribution in [3.05, 3.63) is 71.8 Å². The van der Waals surface area contributed by atoms with Crippen LogP contribution in [0.15, 0.2) is 60.7 Å². The second kappa shape index (κ2) is 7.63. The topological polar surface area (TPSA) is 32.3 Å². The predicted octanol–water partition coefficient (Wildman–Crippen LogP) is 3.90. The highest BCUT2D eigenvalue weighted by atomic mass is 16.2. The molecule has 2 aromatic carbocycles. The van der Waals surface area contributed by atoms with Crippen LogP contribution in [0.4, 0.5) is 0 Å². The van der Waals surface area contributed by atoms with E-state index in [9.17, 15) is 4.79 Å². The maximum absolute atomic E-state index is 13.4. The largest absolute Gasteiger partial charge is 0.288 e. The zero-order valence-corrected chi connectivity index (χ0v) is 14.4. The minimum absolute atomic E-state index is 0.0734. The normalized spacial score (nSPS) is 15.9. The number of hydrogen-bond acceptors (Lipinski definition) is 2. The molecule has 1 heterocycles. The van der Waals surface area contributed by atoms with Gasteiger partial charge in [0.05, 0.1) is 5.41 Å². The monoisotopic (exact) mass is 322 g/mol. The molecule has 3 nitrogen and oxygen atoms in total. The molecule has 0 unspecified atom stereocenters. The van der Waals surface area contributed by atoms with Crippen LogP contribution in [0.3, 0.4) is 0 Å². The highest BCUT2D eigenvalue weighted by Crippen LogP contribution is 2.36. The lowest BCUT2D eigenvalue weighted by Gasteiger charge is -2.36. The van der Waals surface area contributed by atoms with E-state index in [1.165, 1.54) is 6.42 Å². The second-order valence-corrected chi connectivity index (χ2v) is 6.48. The lowest BCUT2D eigenvalue weighted by Crippen LogP contribution is -2.53. The number of carbonyl (C=O) groups is 1. The fourth-order valence-corrected chi connectivity index (χ4v) is 3.69. The van der Waals surface area contributed by atoms with Crippen molar-refractivity contribution in [2.24, 2.45) is 0 Å². The van der Waals surface area contributed by atoms with E-state index in [0.717, 1.165) is 43.5 Å². The Bertz CT molecular complexity index is 609. The molecule has 1 N–H and O–H groups in total. The lowest BCUT2D eigenvalue weighted by molar-refractivity contribution is -0.131. The number of rotatable bonds is 5. The standard InChI is InChI=1S/C21H26N2O/c1-2-21(18-12-6-3-7-13-18,19-14-8-4-9-15-19)20(24)22-23-16-10-5-11-17-23/h3-4,6-9,12-15H,2,5,10-11,16-17H2,1H3,(H,22,24). The third kappa shape index (κ3) is 3.22. The van der Waals surface area contributed by atoms with Crippen molar-refractivity contribution in [3.8, 4) is 0 Å². The minimum Gasteiger partial charge on any atom is -0.288 e. The lowest BCUT2D eigenvalue weighted by atomic mass is 9.72. The van der Waals surface area contributed by atoms with Crippen LogP contribution in [-0.4, -0.2) is 24.0 Å². The first kappa shape index (κ1) is 16.7. The first-order valence-electron chi connectivity index (χ1n) is 8.94. The van der Waals surface area contributed by atoms with E-state index in [1.54, 1.807) is 0 Å². The molecular weight excluding hydrogens is 296 g/mol. The average molecular weight is 322 g/mol. The van der Waals surface area contributed by atoms with Gasteiger partial charge in [0.15, 0.2) is 0 Å². The maximum Gasteiger partial charge on any atom is 0.249 e. The molecule has 0 spiro atoms. The van der Waals surface area contributed by atoms with Gasteiger partial charge >= 0.3 is 0 Å². The van der Waals surface area contributed by atoms with Crippen LogP contribution < -0.4 is 5.43 Å². The summed E-state index contributed by atoms with van der Waals surface area (Å²) < 4.78 is 0. The molecule has 0 radical (unpaired) electrons. The highest BCUT2D eigenvalue weighted by molar-refractivity contribution is 5.91. The number of benzene rings is 2. The van der Waals surface area contributed by atoms with Crippen molar-refractivity contribution < 1.29 is 4.79 Å². The van der Waals surface area contributed by atoms with E-state index in [4.69, 9.17) is 0 Å². The van der Waals surface area contributed by atoms with Gasteiger partial charge < -0.3 is 0 Å². The van der Waals surface area contributed by atoms with E-state index < -0.39 is 5.41 Å². The van der Waals surface area contributed by atoms with Gasteiger partial charge in [-0.3, -0.25) is 10.2 Å². The molecule has 3 rings (SSSR count). The Labute approximate surface area is 144 Å². The van der Waals surface area contributed by atoms with Crippen LogP contribution in [-0.2, 0) is 10.2 Å². The number of nitrogens with zero attached hydrogens (tertiary/aromatic N) is 1. The third-order valence-corrected chi connectivity index (χ3v) is 5.07. The summed E-state index contributed by atoms with van der Waals surface area (Å²) in [6.45, 7) is 3.97. The summed E-state index contributed by atoms with van der Waals surface area (Å²) >= 11 is 0. The van der Waals surface area contributed by atoms with Gasteiger partial charge in [0.1, 0.15) is 0 Å². The van der Waals surface area contributed by atoms with Gasteiger partial charge in [-0.1, -0.05) is 74.0 Å². The van der Waals surface area contributed by atoms with Gasteiger partial charge in [-0.15, -0.1) is 0 Å². The molecule has 0 atom stereocenters. The molecule has 24 heavy (non-hydrogen) atoms. The summed E-state index contributed by atoms with van der Waals surface area (Å²) in [6.07, 6.45) is 4.27. The molecule has 0 aliphatic carbocycles. The van der Waals surface area contributed by atoms with Gasteiger partial charge in [0.25, 0.3) is 0 Å². The Hall–Kier alpha value is -2.13. The number of nitrogens with one attached hydrogen (secondary N) is 1. The number of piperidine rings is 1. The Balaban J connectivity index is 1.99. The molecular formula is C21H26N2O. The molecule has 3 heteroatoms. The van der Waals surface area contributed by atoms with Crippen molar-refractivity contribution in [1.82, 2.24) is 10.4 Å². The third-order valence-electron chi connectivity index (χ3n) is 5.07. The van der Waals surface area contributed by atoms with Crippen molar-refractivity contribution in [3.63, 3.8) is 0 Å². The van der Waals surface area contributed by atoms with Crippen LogP contribution in [0.25, 0.3) is 0 Å². The zero-order chi connectivity index (χ0) is 16.8. The van der Waals surface area contributed by atoms with Crippen molar-refractivity contribution >= 4 is 5.91 Å². The van der Waals surface area contributed by atoms with Crippen molar-refractivity contribution in [1.29, 1.82) is 0 Å². The summed E-state index contributed by atoms with van der Waals surface area (Å²) in [5, 5.41) is 2.09. The van der Waals surface area contributed by atoms with Crippen LogP contribution >= 0.6 is 0 Å². The zero-order valence-electron chi connectivity index (χ0n) is 14.4. The summed E-state index contributed by atoms with van der Waals surface area (Å²) in [5.41, 5.74) is 4.65. The van der Waals surface area contributed by atoms with Gasteiger partial charge in [-0.05, 0) is 30.4 Å². The molecule has 1 fully saturated rings. The number of carbonyl (C=O) groups excluding carboxylic acids is 1. The summed E-state index contributed by atoms with van der Waals surface area (Å²) in [4.78, 5) is 13.4. The number of hydrogen-bond donors (Lipinski definition) is 1.